The molecule has 0 spiro atoms. The highest BCUT2D eigenvalue weighted by Crippen LogP contribution is 2.40. The molecular formula is C14H28. The Hall–Kier alpha value is -0.520. The van der Waals surface area contributed by atoms with Gasteiger partial charge in [-0.25, -0.2) is 0 Å². The van der Waals surface area contributed by atoms with E-state index in [0.717, 1.165) is 0 Å². The minimum Gasteiger partial charge on any atom is -0.103 e. The van der Waals surface area contributed by atoms with Gasteiger partial charge in [0.15, 0.2) is 0 Å². The number of hydrogen-bond acceptors (Lipinski definition) is 0. The van der Waals surface area contributed by atoms with Crippen molar-refractivity contribution in [2.24, 2.45) is 16.7 Å². The standard InChI is InChI=1S/C11H22.C3H6/c1-8-9(10(2,3)4)11(5,6)7;1-3-2/h8-9H,1H2,2-7H3;3H,1H2,2H3. The summed E-state index contributed by atoms with van der Waals surface area (Å²) in [6.07, 6.45) is 3.83. The molecule has 0 heterocycles. The Kier molecular flexibility index (Phi) is 6.89. The van der Waals surface area contributed by atoms with E-state index in [1.807, 2.05) is 6.92 Å². The van der Waals surface area contributed by atoms with Gasteiger partial charge < -0.3 is 0 Å². The van der Waals surface area contributed by atoms with Crippen molar-refractivity contribution in [2.45, 2.75) is 48.5 Å². The fourth-order valence-electron chi connectivity index (χ4n) is 2.01. The Morgan fingerprint density at radius 3 is 1.07 bits per heavy atom. The van der Waals surface area contributed by atoms with Crippen LogP contribution in [0.25, 0.3) is 0 Å². The van der Waals surface area contributed by atoms with Crippen LogP contribution in [0.2, 0.25) is 0 Å². The quantitative estimate of drug-likeness (QED) is 0.513. The predicted molar refractivity (Wildman–Crippen MR) is 68.5 cm³/mol. The minimum absolute atomic E-state index is 0.333. The predicted octanol–water partition coefficient (Wildman–Crippen LogP) is 5.07. The molecule has 0 aromatic heterocycles. The molecule has 0 aromatic rings. The highest BCUT2D eigenvalue weighted by Gasteiger charge is 2.31. The summed E-state index contributed by atoms with van der Waals surface area (Å²) in [4.78, 5) is 0. The maximum absolute atomic E-state index is 3.89. The summed E-state index contributed by atoms with van der Waals surface area (Å²) in [5, 5.41) is 0. The van der Waals surface area contributed by atoms with E-state index in [2.05, 4.69) is 60.8 Å². The van der Waals surface area contributed by atoms with Gasteiger partial charge in [-0.2, -0.15) is 0 Å². The zero-order valence-electron chi connectivity index (χ0n) is 11.1. The molecule has 0 amide bonds. The van der Waals surface area contributed by atoms with Crippen LogP contribution in [0.1, 0.15) is 48.5 Å². The van der Waals surface area contributed by atoms with Crippen molar-refractivity contribution in [3.63, 3.8) is 0 Å². The van der Waals surface area contributed by atoms with Gasteiger partial charge in [0.25, 0.3) is 0 Å². The maximum atomic E-state index is 3.89. The van der Waals surface area contributed by atoms with Gasteiger partial charge in [-0.1, -0.05) is 53.7 Å². The van der Waals surface area contributed by atoms with Gasteiger partial charge in [-0.15, -0.1) is 13.2 Å². The number of hydrogen-bond donors (Lipinski definition) is 0. The minimum atomic E-state index is 0.333. The second kappa shape index (κ2) is 6.06. The van der Waals surface area contributed by atoms with Crippen molar-refractivity contribution in [3.05, 3.63) is 25.3 Å². The summed E-state index contributed by atoms with van der Waals surface area (Å²) in [5.74, 6) is 0.579. The molecule has 0 saturated heterocycles. The topological polar surface area (TPSA) is 0 Å². The third-order valence-electron chi connectivity index (χ3n) is 2.10. The zero-order chi connectivity index (χ0) is 12.0. The Morgan fingerprint density at radius 1 is 0.857 bits per heavy atom. The SMILES string of the molecule is C=CC.C=CC(C(C)(C)C)C(C)(C)C. The third kappa shape index (κ3) is 6.94. The van der Waals surface area contributed by atoms with Crippen molar-refractivity contribution in [3.8, 4) is 0 Å². The lowest BCUT2D eigenvalue weighted by Gasteiger charge is -2.38. The van der Waals surface area contributed by atoms with Gasteiger partial charge in [-0.3, -0.25) is 0 Å². The van der Waals surface area contributed by atoms with Crippen molar-refractivity contribution >= 4 is 0 Å². The Morgan fingerprint density at radius 2 is 1.07 bits per heavy atom. The smallest absolute Gasteiger partial charge is 0.0139 e. The summed E-state index contributed by atoms with van der Waals surface area (Å²) in [6, 6.07) is 0. The molecule has 0 radical (unpaired) electrons. The first kappa shape index (κ1) is 15.9. The second-order valence-corrected chi connectivity index (χ2v) is 5.85. The van der Waals surface area contributed by atoms with E-state index in [1.165, 1.54) is 0 Å². The molecule has 0 N–H and O–H groups in total. The summed E-state index contributed by atoms with van der Waals surface area (Å²) in [5.41, 5.74) is 0.667. The molecule has 0 atom stereocenters. The summed E-state index contributed by atoms with van der Waals surface area (Å²) < 4.78 is 0. The van der Waals surface area contributed by atoms with E-state index in [-0.39, 0.29) is 0 Å². The van der Waals surface area contributed by atoms with Gasteiger partial charge in [0.1, 0.15) is 0 Å². The lowest BCUT2D eigenvalue weighted by Crippen LogP contribution is -2.30. The van der Waals surface area contributed by atoms with E-state index >= 15 is 0 Å². The monoisotopic (exact) mass is 196 g/mol. The summed E-state index contributed by atoms with van der Waals surface area (Å²) >= 11 is 0. The van der Waals surface area contributed by atoms with Crippen LogP contribution in [0.5, 0.6) is 0 Å². The molecule has 0 aliphatic carbocycles. The van der Waals surface area contributed by atoms with E-state index in [4.69, 9.17) is 0 Å². The average molecular weight is 196 g/mol. The van der Waals surface area contributed by atoms with Gasteiger partial charge in [0.2, 0.25) is 0 Å². The molecular weight excluding hydrogens is 168 g/mol. The summed E-state index contributed by atoms with van der Waals surface area (Å²) in [7, 11) is 0. The highest BCUT2D eigenvalue weighted by atomic mass is 14.4. The molecule has 0 rings (SSSR count). The molecule has 0 bridgehead atoms. The van der Waals surface area contributed by atoms with Crippen LogP contribution in [0, 0.1) is 16.7 Å². The first-order chi connectivity index (χ1) is 6.11. The molecule has 0 fully saturated rings. The molecule has 0 saturated carbocycles. The first-order valence-corrected chi connectivity index (χ1v) is 5.30. The molecule has 0 heteroatoms. The van der Waals surface area contributed by atoms with Crippen LogP contribution in [-0.2, 0) is 0 Å². The van der Waals surface area contributed by atoms with E-state index in [1.54, 1.807) is 6.08 Å². The molecule has 0 aliphatic heterocycles. The van der Waals surface area contributed by atoms with Crippen LogP contribution >= 0.6 is 0 Å². The average Bonchev–Trinajstić information content (AvgIpc) is 1.82. The van der Waals surface area contributed by atoms with E-state index in [0.29, 0.717) is 16.7 Å². The molecule has 0 nitrogen and oxygen atoms in total. The third-order valence-corrected chi connectivity index (χ3v) is 2.10. The number of allylic oxidation sites excluding steroid dienone is 2. The summed E-state index contributed by atoms with van der Waals surface area (Å²) in [6.45, 7) is 22.8. The van der Waals surface area contributed by atoms with Crippen molar-refractivity contribution < 1.29 is 0 Å². The second-order valence-electron chi connectivity index (χ2n) is 5.85. The van der Waals surface area contributed by atoms with Crippen molar-refractivity contribution in [2.75, 3.05) is 0 Å². The van der Waals surface area contributed by atoms with Crippen LogP contribution < -0.4 is 0 Å². The lowest BCUT2D eigenvalue weighted by atomic mass is 9.67. The Bertz CT molecular complexity index is 147. The van der Waals surface area contributed by atoms with Crippen molar-refractivity contribution in [1.82, 2.24) is 0 Å². The van der Waals surface area contributed by atoms with Gasteiger partial charge in [-0.05, 0) is 23.7 Å². The fraction of sp³-hybridized carbons (Fsp3) is 0.714. The van der Waals surface area contributed by atoms with Crippen LogP contribution in [0.15, 0.2) is 25.3 Å². The van der Waals surface area contributed by atoms with Gasteiger partial charge in [0.05, 0.1) is 0 Å². The van der Waals surface area contributed by atoms with Crippen LogP contribution in [0.3, 0.4) is 0 Å². The highest BCUT2D eigenvalue weighted by molar-refractivity contribution is 4.94. The maximum Gasteiger partial charge on any atom is -0.0139 e. The van der Waals surface area contributed by atoms with E-state index in [9.17, 15) is 0 Å². The molecule has 0 unspecified atom stereocenters. The van der Waals surface area contributed by atoms with Gasteiger partial charge >= 0.3 is 0 Å². The number of rotatable bonds is 1. The molecule has 0 aliphatic rings. The first-order valence-electron chi connectivity index (χ1n) is 5.30. The van der Waals surface area contributed by atoms with Crippen molar-refractivity contribution in [1.29, 1.82) is 0 Å². The zero-order valence-corrected chi connectivity index (χ0v) is 11.1. The molecule has 14 heavy (non-hydrogen) atoms. The van der Waals surface area contributed by atoms with Crippen LogP contribution in [0.4, 0.5) is 0 Å². The largest absolute Gasteiger partial charge is 0.103 e. The Balaban J connectivity index is 0. The molecule has 84 valence electrons. The van der Waals surface area contributed by atoms with E-state index < -0.39 is 0 Å². The van der Waals surface area contributed by atoms with Crippen LogP contribution in [-0.4, -0.2) is 0 Å². The lowest BCUT2D eigenvalue weighted by molar-refractivity contribution is 0.149. The van der Waals surface area contributed by atoms with Gasteiger partial charge in [0, 0.05) is 0 Å². The normalized spacial score (nSPS) is 11.7. The molecule has 0 aromatic carbocycles. The fourth-order valence-corrected chi connectivity index (χ4v) is 2.01. The Labute approximate surface area is 91.1 Å².